The predicted molar refractivity (Wildman–Crippen MR) is 96.2 cm³/mol. The zero-order chi connectivity index (χ0) is 16.8. The maximum atomic E-state index is 11.8. The molecule has 0 saturated carbocycles. The van der Waals surface area contributed by atoms with E-state index in [4.69, 9.17) is 0 Å². The standard InChI is InChI=1S/C19H20N2O2S/c1-3-15-17(18(22)23)21-16(11(2)24-19(21)20-15)14-9-8-12-6-4-5-7-13(12)10-14/h8-10H,3-7H2,1-2H3,(H,22,23). The van der Waals surface area contributed by atoms with Gasteiger partial charge in [0.05, 0.1) is 11.4 Å². The van der Waals surface area contributed by atoms with E-state index in [2.05, 4.69) is 23.2 Å². The molecule has 0 radical (unpaired) electrons. The summed E-state index contributed by atoms with van der Waals surface area (Å²) >= 11 is 1.57. The largest absolute Gasteiger partial charge is 0.477 e. The number of carboxylic acid groups (broad SMARTS) is 1. The van der Waals surface area contributed by atoms with E-state index in [1.807, 2.05) is 18.2 Å². The third kappa shape index (κ3) is 2.26. The molecule has 0 unspecified atom stereocenters. The molecule has 1 aliphatic carbocycles. The summed E-state index contributed by atoms with van der Waals surface area (Å²) in [4.78, 5) is 18.3. The molecule has 0 bridgehead atoms. The van der Waals surface area contributed by atoms with Crippen LogP contribution in [-0.2, 0) is 19.3 Å². The van der Waals surface area contributed by atoms with Crippen LogP contribution in [0.25, 0.3) is 16.2 Å². The highest BCUT2D eigenvalue weighted by molar-refractivity contribution is 7.17. The first-order chi connectivity index (χ1) is 11.6. The van der Waals surface area contributed by atoms with Crippen LogP contribution in [0.4, 0.5) is 0 Å². The van der Waals surface area contributed by atoms with Gasteiger partial charge in [0.1, 0.15) is 0 Å². The molecule has 0 aliphatic heterocycles. The van der Waals surface area contributed by atoms with Gasteiger partial charge in [0.15, 0.2) is 10.7 Å². The van der Waals surface area contributed by atoms with E-state index in [-0.39, 0.29) is 0 Å². The summed E-state index contributed by atoms with van der Waals surface area (Å²) in [5, 5.41) is 9.70. The lowest BCUT2D eigenvalue weighted by molar-refractivity contribution is 0.0688. The molecule has 0 spiro atoms. The van der Waals surface area contributed by atoms with Crippen LogP contribution in [0.3, 0.4) is 0 Å². The van der Waals surface area contributed by atoms with E-state index in [0.717, 1.165) is 33.9 Å². The Bertz CT molecular complexity index is 952. The molecule has 24 heavy (non-hydrogen) atoms. The molecule has 0 fully saturated rings. The second-order valence-corrected chi connectivity index (χ2v) is 7.56. The van der Waals surface area contributed by atoms with Crippen LogP contribution in [-0.4, -0.2) is 20.5 Å². The van der Waals surface area contributed by atoms with Gasteiger partial charge in [0, 0.05) is 4.88 Å². The lowest BCUT2D eigenvalue weighted by Gasteiger charge is -2.17. The van der Waals surface area contributed by atoms with Gasteiger partial charge < -0.3 is 5.11 Å². The average Bonchev–Trinajstić information content (AvgIpc) is 3.08. The maximum Gasteiger partial charge on any atom is 0.354 e. The topological polar surface area (TPSA) is 54.6 Å². The molecule has 3 aromatic rings. The number of benzene rings is 1. The molecule has 0 atom stereocenters. The average molecular weight is 340 g/mol. The van der Waals surface area contributed by atoms with E-state index in [9.17, 15) is 9.90 Å². The molecule has 124 valence electrons. The van der Waals surface area contributed by atoms with Gasteiger partial charge in [-0.15, -0.1) is 11.3 Å². The predicted octanol–water partition coefficient (Wildman–Crippen LogP) is 4.51. The summed E-state index contributed by atoms with van der Waals surface area (Å²) in [7, 11) is 0. The van der Waals surface area contributed by atoms with Gasteiger partial charge in [-0.25, -0.2) is 9.78 Å². The van der Waals surface area contributed by atoms with Gasteiger partial charge in [-0.1, -0.05) is 19.1 Å². The van der Waals surface area contributed by atoms with Gasteiger partial charge in [0.25, 0.3) is 0 Å². The molecule has 0 saturated heterocycles. The van der Waals surface area contributed by atoms with Crippen molar-refractivity contribution in [3.8, 4) is 11.3 Å². The van der Waals surface area contributed by atoms with Gasteiger partial charge in [-0.3, -0.25) is 4.40 Å². The Balaban J connectivity index is 1.98. The Morgan fingerprint density at radius 3 is 2.75 bits per heavy atom. The minimum Gasteiger partial charge on any atom is -0.477 e. The minimum absolute atomic E-state index is 0.310. The second-order valence-electron chi connectivity index (χ2n) is 6.38. The fourth-order valence-electron chi connectivity index (χ4n) is 3.74. The summed E-state index contributed by atoms with van der Waals surface area (Å²) in [5.41, 5.74) is 5.89. The Kier molecular flexibility index (Phi) is 3.68. The van der Waals surface area contributed by atoms with Crippen LogP contribution >= 0.6 is 11.3 Å². The number of thiazole rings is 1. The first-order valence-electron chi connectivity index (χ1n) is 8.46. The Morgan fingerprint density at radius 1 is 1.29 bits per heavy atom. The lowest BCUT2D eigenvalue weighted by Crippen LogP contribution is -2.07. The fourth-order valence-corrected chi connectivity index (χ4v) is 4.75. The van der Waals surface area contributed by atoms with E-state index in [0.29, 0.717) is 17.8 Å². The van der Waals surface area contributed by atoms with Gasteiger partial charge in [-0.2, -0.15) is 0 Å². The van der Waals surface area contributed by atoms with Crippen molar-refractivity contribution in [2.24, 2.45) is 0 Å². The number of aromatic nitrogens is 2. The number of fused-ring (bicyclic) bond motifs is 2. The molecular formula is C19H20N2O2S. The summed E-state index contributed by atoms with van der Waals surface area (Å²) in [5.74, 6) is -0.906. The number of aromatic carboxylic acids is 1. The molecular weight excluding hydrogens is 320 g/mol. The number of rotatable bonds is 3. The monoisotopic (exact) mass is 340 g/mol. The van der Waals surface area contributed by atoms with Crippen LogP contribution in [0.15, 0.2) is 18.2 Å². The van der Waals surface area contributed by atoms with Crippen LogP contribution < -0.4 is 0 Å². The van der Waals surface area contributed by atoms with E-state index in [1.165, 1.54) is 24.0 Å². The first kappa shape index (κ1) is 15.4. The van der Waals surface area contributed by atoms with Crippen molar-refractivity contribution >= 4 is 22.3 Å². The highest BCUT2D eigenvalue weighted by Gasteiger charge is 2.24. The highest BCUT2D eigenvalue weighted by Crippen LogP contribution is 2.35. The molecule has 2 heterocycles. The number of hydrogen-bond acceptors (Lipinski definition) is 3. The molecule has 4 rings (SSSR count). The fraction of sp³-hybridized carbons (Fsp3) is 0.368. The normalized spacial score (nSPS) is 14.1. The number of imidazole rings is 1. The van der Waals surface area contributed by atoms with Crippen molar-refractivity contribution in [2.45, 2.75) is 46.0 Å². The maximum absolute atomic E-state index is 11.8. The molecule has 5 heteroatoms. The van der Waals surface area contributed by atoms with Crippen LogP contribution in [0.2, 0.25) is 0 Å². The number of carbonyl (C=O) groups is 1. The molecule has 1 N–H and O–H groups in total. The smallest absolute Gasteiger partial charge is 0.354 e. The third-order valence-electron chi connectivity index (χ3n) is 4.88. The molecule has 1 aromatic carbocycles. The van der Waals surface area contributed by atoms with Crippen molar-refractivity contribution in [1.82, 2.24) is 9.38 Å². The van der Waals surface area contributed by atoms with Crippen molar-refractivity contribution in [2.75, 3.05) is 0 Å². The quantitative estimate of drug-likeness (QED) is 0.763. The molecule has 2 aromatic heterocycles. The summed E-state index contributed by atoms with van der Waals surface area (Å²) in [6, 6.07) is 6.60. The molecule has 4 nitrogen and oxygen atoms in total. The SMILES string of the molecule is CCc1nc2sc(C)c(-c3ccc4c(c3)CCCC4)n2c1C(=O)O. The highest BCUT2D eigenvalue weighted by atomic mass is 32.1. The number of carboxylic acids is 1. The van der Waals surface area contributed by atoms with Crippen molar-refractivity contribution in [3.05, 3.63) is 45.6 Å². The van der Waals surface area contributed by atoms with Crippen molar-refractivity contribution < 1.29 is 9.90 Å². The second kappa shape index (κ2) is 5.74. The number of hydrogen-bond donors (Lipinski definition) is 1. The Hall–Kier alpha value is -2.14. The summed E-state index contributed by atoms with van der Waals surface area (Å²) < 4.78 is 1.84. The third-order valence-corrected chi connectivity index (χ3v) is 5.84. The van der Waals surface area contributed by atoms with Crippen molar-refractivity contribution in [1.29, 1.82) is 0 Å². The van der Waals surface area contributed by atoms with Gasteiger partial charge in [0.2, 0.25) is 0 Å². The van der Waals surface area contributed by atoms with Crippen molar-refractivity contribution in [3.63, 3.8) is 0 Å². The van der Waals surface area contributed by atoms with E-state index in [1.54, 1.807) is 11.3 Å². The number of nitrogens with zero attached hydrogens (tertiary/aromatic N) is 2. The Labute approximate surface area is 144 Å². The van der Waals surface area contributed by atoms with E-state index >= 15 is 0 Å². The van der Waals surface area contributed by atoms with Gasteiger partial charge in [-0.05, 0) is 61.8 Å². The summed E-state index contributed by atoms with van der Waals surface area (Å²) in [6.07, 6.45) is 5.39. The zero-order valence-electron chi connectivity index (χ0n) is 13.9. The van der Waals surface area contributed by atoms with Crippen LogP contribution in [0.5, 0.6) is 0 Å². The lowest BCUT2D eigenvalue weighted by atomic mass is 9.90. The summed E-state index contributed by atoms with van der Waals surface area (Å²) in [6.45, 7) is 4.00. The Morgan fingerprint density at radius 2 is 2.04 bits per heavy atom. The first-order valence-corrected chi connectivity index (χ1v) is 9.28. The zero-order valence-corrected chi connectivity index (χ0v) is 14.7. The molecule has 1 aliphatic rings. The van der Waals surface area contributed by atoms with Crippen LogP contribution in [0, 0.1) is 6.92 Å². The number of aryl methyl sites for hydroxylation is 4. The van der Waals surface area contributed by atoms with E-state index < -0.39 is 5.97 Å². The molecule has 0 amide bonds. The van der Waals surface area contributed by atoms with Gasteiger partial charge >= 0.3 is 5.97 Å². The minimum atomic E-state index is -0.906. The van der Waals surface area contributed by atoms with Crippen LogP contribution in [0.1, 0.15) is 52.0 Å².